The van der Waals surface area contributed by atoms with Crippen LogP contribution in [0.4, 0.5) is 11.4 Å². The van der Waals surface area contributed by atoms with Gasteiger partial charge in [0, 0.05) is 24.4 Å². The number of anilines is 1. The van der Waals surface area contributed by atoms with Gasteiger partial charge in [0.1, 0.15) is 36.4 Å². The summed E-state index contributed by atoms with van der Waals surface area (Å²) in [7, 11) is -4.63. The Kier molecular flexibility index (Phi) is 14.9. The number of nitrogens with one attached hydrogen (secondary N) is 3. The third-order valence-corrected chi connectivity index (χ3v) is 12.0. The van der Waals surface area contributed by atoms with Crippen LogP contribution in [0.1, 0.15) is 28.7 Å². The molecule has 310 valence electrons. The van der Waals surface area contributed by atoms with Crippen molar-refractivity contribution in [2.24, 2.45) is 0 Å². The van der Waals surface area contributed by atoms with E-state index in [1.54, 1.807) is 24.3 Å². The quantitative estimate of drug-likeness (QED) is 0.0409. The summed E-state index contributed by atoms with van der Waals surface area (Å²) in [6.45, 7) is 2.79. The zero-order valence-electron chi connectivity index (χ0n) is 32.5. The first-order valence-electron chi connectivity index (χ1n) is 19.1. The van der Waals surface area contributed by atoms with Crippen molar-refractivity contribution >= 4 is 75.8 Å². The van der Waals surface area contributed by atoms with E-state index in [1.165, 1.54) is 12.1 Å². The predicted molar refractivity (Wildman–Crippen MR) is 239 cm³/mol. The van der Waals surface area contributed by atoms with Gasteiger partial charge in [0.2, 0.25) is 5.91 Å². The molecule has 0 aliphatic heterocycles. The number of halogens is 2. The number of sulfonamides is 1. The summed E-state index contributed by atoms with van der Waals surface area (Å²) >= 11 is 7.10. The Morgan fingerprint density at radius 1 is 0.783 bits per heavy atom. The highest BCUT2D eigenvalue weighted by atomic mass is 79.9. The molecule has 0 radical (unpaired) electrons. The van der Waals surface area contributed by atoms with E-state index in [1.807, 2.05) is 96.6 Å². The van der Waals surface area contributed by atoms with Crippen LogP contribution in [0, 0.1) is 17.0 Å². The van der Waals surface area contributed by atoms with Crippen LogP contribution in [0.5, 0.6) is 11.5 Å². The van der Waals surface area contributed by atoms with E-state index in [0.717, 1.165) is 40.1 Å². The van der Waals surface area contributed by atoms with Crippen LogP contribution in [-0.4, -0.2) is 51.0 Å². The minimum absolute atomic E-state index is 0.0656. The maximum Gasteiger partial charge on any atom is 0.293 e. The average Bonchev–Trinajstić information content (AvgIpc) is 3.22. The molecule has 0 aliphatic carbocycles. The topological polar surface area (TPSA) is 166 Å². The second-order valence-corrected chi connectivity index (χ2v) is 17.4. The van der Waals surface area contributed by atoms with Gasteiger partial charge in [-0.3, -0.25) is 19.7 Å². The Balaban J connectivity index is 1.14. The lowest BCUT2D eigenvalue weighted by Crippen LogP contribution is -2.49. The zero-order valence-corrected chi connectivity index (χ0v) is 36.5. The summed E-state index contributed by atoms with van der Waals surface area (Å²) in [5.41, 5.74) is 3.05. The van der Waals surface area contributed by atoms with Crippen molar-refractivity contribution in [3.63, 3.8) is 0 Å². The van der Waals surface area contributed by atoms with Gasteiger partial charge >= 0.3 is 0 Å². The number of nitro benzene ring substituents is 1. The standard InChI is InChI=1S/C45H42Br2N4O8S/c1-30-16-18-32(19-17-30)28-43(52)49-40(27-33-25-37(46)44(38(47)26-33)59-24-23-58-42-15-7-13-34-12-5-6-14-36(34)42)45(53)50-60(56,57)35-20-21-39(41(29-35)51(54)55)48-22-8-11-31-9-3-2-4-10-31/h2-7,9-10,12-21,25-26,29,40,48H,8,11,22-24,27-28H2,1H3,(H,49,52)(H,50,53)/t40-/m0/s1. The first-order chi connectivity index (χ1) is 28.9. The molecule has 60 heavy (non-hydrogen) atoms. The number of amides is 2. The van der Waals surface area contributed by atoms with E-state index >= 15 is 0 Å². The van der Waals surface area contributed by atoms with Crippen LogP contribution in [0.2, 0.25) is 0 Å². The Labute approximate surface area is 365 Å². The van der Waals surface area contributed by atoms with E-state index in [0.29, 0.717) is 38.8 Å². The summed E-state index contributed by atoms with van der Waals surface area (Å²) in [5.74, 6) is -0.337. The Hall–Kier alpha value is -5.77. The van der Waals surface area contributed by atoms with E-state index in [9.17, 15) is 28.1 Å². The fourth-order valence-corrected chi connectivity index (χ4v) is 9.02. The summed E-state index contributed by atoms with van der Waals surface area (Å²) < 4.78 is 42.4. The molecule has 0 spiro atoms. The Bertz CT molecular complexity index is 2560. The highest BCUT2D eigenvalue weighted by Gasteiger charge is 2.29. The molecule has 12 nitrogen and oxygen atoms in total. The molecule has 0 aromatic heterocycles. The van der Waals surface area contributed by atoms with Gasteiger partial charge in [-0.1, -0.05) is 96.6 Å². The van der Waals surface area contributed by atoms with Crippen molar-refractivity contribution in [2.75, 3.05) is 25.1 Å². The molecule has 0 heterocycles. The molecular formula is C45H42Br2N4O8S. The van der Waals surface area contributed by atoms with Crippen molar-refractivity contribution in [1.82, 2.24) is 10.0 Å². The van der Waals surface area contributed by atoms with Crippen molar-refractivity contribution < 1.29 is 32.4 Å². The molecule has 0 unspecified atom stereocenters. The largest absolute Gasteiger partial charge is 0.489 e. The van der Waals surface area contributed by atoms with Crippen LogP contribution >= 0.6 is 31.9 Å². The number of rotatable bonds is 19. The molecular weight excluding hydrogens is 916 g/mol. The van der Waals surface area contributed by atoms with Gasteiger partial charge < -0.3 is 20.1 Å². The maximum atomic E-state index is 13.8. The summed E-state index contributed by atoms with van der Waals surface area (Å²) in [6, 6.07) is 36.3. The lowest BCUT2D eigenvalue weighted by Gasteiger charge is -2.20. The molecule has 2 amide bonds. The smallest absolute Gasteiger partial charge is 0.293 e. The molecule has 3 N–H and O–H groups in total. The van der Waals surface area contributed by atoms with E-state index in [4.69, 9.17) is 9.47 Å². The van der Waals surface area contributed by atoms with Crippen molar-refractivity contribution in [3.8, 4) is 11.5 Å². The fraction of sp³-hybridized carbons (Fsp3) is 0.200. The Morgan fingerprint density at radius 2 is 1.47 bits per heavy atom. The van der Waals surface area contributed by atoms with E-state index < -0.39 is 43.4 Å². The second-order valence-electron chi connectivity index (χ2n) is 14.0. The first kappa shape index (κ1) is 43.8. The van der Waals surface area contributed by atoms with Crippen LogP contribution in [0.15, 0.2) is 141 Å². The van der Waals surface area contributed by atoms with E-state index in [-0.39, 0.29) is 31.7 Å². The van der Waals surface area contributed by atoms with Gasteiger partial charge in [0.15, 0.2) is 0 Å². The summed E-state index contributed by atoms with van der Waals surface area (Å²) in [6.07, 6.45) is 1.24. The highest BCUT2D eigenvalue weighted by molar-refractivity contribution is 9.11. The van der Waals surface area contributed by atoms with Crippen LogP contribution in [0.25, 0.3) is 10.8 Å². The minimum Gasteiger partial charge on any atom is -0.489 e. The average molecular weight is 959 g/mol. The predicted octanol–water partition coefficient (Wildman–Crippen LogP) is 8.86. The van der Waals surface area contributed by atoms with Gasteiger partial charge in [-0.05, 0) is 104 Å². The van der Waals surface area contributed by atoms with Crippen LogP contribution in [-0.2, 0) is 38.9 Å². The number of carbonyl (C=O) groups is 2. The normalized spacial score (nSPS) is 11.7. The molecule has 0 aliphatic rings. The maximum absolute atomic E-state index is 13.8. The molecule has 6 aromatic rings. The third-order valence-electron chi connectivity index (χ3n) is 9.48. The number of nitro groups is 1. The monoisotopic (exact) mass is 956 g/mol. The number of hydrogen-bond donors (Lipinski definition) is 3. The van der Waals surface area contributed by atoms with E-state index in [2.05, 4.69) is 42.5 Å². The fourth-order valence-electron chi connectivity index (χ4n) is 6.47. The molecule has 0 saturated carbocycles. The van der Waals surface area contributed by atoms with Crippen LogP contribution in [0.3, 0.4) is 0 Å². The number of benzene rings is 6. The SMILES string of the molecule is Cc1ccc(CC(=O)N[C@@H](Cc2cc(Br)c(OCCOc3cccc4ccccc34)c(Br)c2)C(=O)NS(=O)(=O)c2ccc(NCCCc3ccccc3)c([N+](=O)[O-])c2)cc1. The van der Waals surface area contributed by atoms with Gasteiger partial charge in [-0.2, -0.15) is 0 Å². The lowest BCUT2D eigenvalue weighted by molar-refractivity contribution is -0.384. The molecule has 6 rings (SSSR count). The van der Waals surface area contributed by atoms with Crippen molar-refractivity contribution in [3.05, 3.63) is 169 Å². The molecule has 6 aromatic carbocycles. The Morgan fingerprint density at radius 3 is 2.20 bits per heavy atom. The van der Waals surface area contributed by atoms with Gasteiger partial charge in [0.05, 0.1) is 25.2 Å². The third kappa shape index (κ3) is 11.9. The van der Waals surface area contributed by atoms with Crippen molar-refractivity contribution in [2.45, 2.75) is 43.5 Å². The number of nitrogens with zero attached hydrogens (tertiary/aromatic N) is 1. The zero-order chi connectivity index (χ0) is 42.6. The number of hydrogen-bond acceptors (Lipinski definition) is 9. The number of aryl methyl sites for hydroxylation is 2. The second kappa shape index (κ2) is 20.5. The van der Waals surface area contributed by atoms with Crippen molar-refractivity contribution in [1.29, 1.82) is 0 Å². The molecule has 0 bridgehead atoms. The van der Waals surface area contributed by atoms with Gasteiger partial charge in [0.25, 0.3) is 21.6 Å². The highest BCUT2D eigenvalue weighted by Crippen LogP contribution is 2.35. The molecule has 1 atom stereocenters. The number of carbonyl (C=O) groups excluding carboxylic acids is 2. The lowest BCUT2D eigenvalue weighted by atomic mass is 10.0. The molecule has 0 saturated heterocycles. The first-order valence-corrected chi connectivity index (χ1v) is 22.1. The van der Waals surface area contributed by atoms with Gasteiger partial charge in [-0.25, -0.2) is 13.1 Å². The van der Waals surface area contributed by atoms with Gasteiger partial charge in [-0.15, -0.1) is 0 Å². The number of ether oxygens (including phenoxy) is 2. The number of fused-ring (bicyclic) bond motifs is 1. The minimum atomic E-state index is -4.63. The summed E-state index contributed by atoms with van der Waals surface area (Å²) in [4.78, 5) is 38.0. The molecule has 0 fully saturated rings. The summed E-state index contributed by atoms with van der Waals surface area (Å²) in [5, 5.41) is 19.8. The van der Waals surface area contributed by atoms with Crippen LogP contribution < -0.4 is 24.8 Å². The molecule has 15 heteroatoms.